The van der Waals surface area contributed by atoms with E-state index >= 15 is 0 Å². The van der Waals surface area contributed by atoms with Crippen molar-refractivity contribution in [3.05, 3.63) is 34.9 Å². The Labute approximate surface area is 128 Å². The Balaban J connectivity index is 1.65. The molecule has 1 aliphatic heterocycles. The molecule has 1 heterocycles. The van der Waals surface area contributed by atoms with Gasteiger partial charge in [0, 0.05) is 32.3 Å². The number of nitrogens with two attached hydrogens (primary N) is 1. The number of aryl methyl sites for hydroxylation is 2. The first-order valence-electron chi connectivity index (χ1n) is 8.44. The predicted octanol–water partition coefficient (Wildman–Crippen LogP) is 2.10. The summed E-state index contributed by atoms with van der Waals surface area (Å²) in [6, 6.07) is 7.30. The highest BCUT2D eigenvalue weighted by molar-refractivity contribution is 5.33. The van der Waals surface area contributed by atoms with Crippen molar-refractivity contribution in [1.82, 2.24) is 4.90 Å². The maximum absolute atomic E-state index is 9.15. The van der Waals surface area contributed by atoms with Crippen LogP contribution in [0.5, 0.6) is 0 Å². The number of fused-ring (bicyclic) bond motifs is 1. The summed E-state index contributed by atoms with van der Waals surface area (Å²) in [6.45, 7) is 3.34. The van der Waals surface area contributed by atoms with Crippen LogP contribution >= 0.6 is 0 Å². The first-order valence-corrected chi connectivity index (χ1v) is 8.44. The van der Waals surface area contributed by atoms with Crippen molar-refractivity contribution in [3.63, 3.8) is 0 Å². The van der Waals surface area contributed by atoms with Crippen LogP contribution in [-0.2, 0) is 19.4 Å². The van der Waals surface area contributed by atoms with E-state index in [1.54, 1.807) is 11.1 Å². The summed E-state index contributed by atoms with van der Waals surface area (Å²) in [5, 5.41) is 9.15. The monoisotopic (exact) mass is 288 g/mol. The van der Waals surface area contributed by atoms with Crippen LogP contribution in [0.3, 0.4) is 0 Å². The molecule has 0 radical (unpaired) electrons. The highest BCUT2D eigenvalue weighted by atomic mass is 16.3. The molecule has 1 fully saturated rings. The van der Waals surface area contributed by atoms with Crippen LogP contribution in [0, 0.1) is 5.92 Å². The maximum Gasteiger partial charge on any atom is 0.0434 e. The second-order valence-electron chi connectivity index (χ2n) is 6.88. The summed E-state index contributed by atoms with van der Waals surface area (Å²) in [4.78, 5) is 2.47. The quantitative estimate of drug-likeness (QED) is 0.892. The molecule has 2 unspecified atom stereocenters. The molecule has 1 aliphatic carbocycles. The molecule has 1 saturated heterocycles. The Morgan fingerprint density at radius 2 is 1.95 bits per heavy atom. The van der Waals surface area contributed by atoms with E-state index in [0.29, 0.717) is 5.92 Å². The molecule has 3 nitrogen and oxygen atoms in total. The van der Waals surface area contributed by atoms with Gasteiger partial charge in [0.15, 0.2) is 0 Å². The Hall–Kier alpha value is -0.900. The average Bonchev–Trinajstić information content (AvgIpc) is 2.47. The molecular weight excluding hydrogens is 260 g/mol. The number of rotatable bonds is 4. The van der Waals surface area contributed by atoms with Gasteiger partial charge in [-0.2, -0.15) is 0 Å². The molecule has 116 valence electrons. The third-order valence-corrected chi connectivity index (χ3v) is 5.00. The minimum absolute atomic E-state index is 0.257. The fourth-order valence-electron chi connectivity index (χ4n) is 4.01. The number of hydrogen-bond acceptors (Lipinski definition) is 3. The topological polar surface area (TPSA) is 49.5 Å². The number of hydrogen-bond donors (Lipinski definition) is 2. The van der Waals surface area contributed by atoms with E-state index in [2.05, 4.69) is 23.1 Å². The molecular formula is C18H28N2O. The minimum atomic E-state index is 0.257. The van der Waals surface area contributed by atoms with Crippen molar-refractivity contribution >= 4 is 0 Å². The number of aliphatic hydroxyl groups excluding tert-OH is 1. The van der Waals surface area contributed by atoms with Gasteiger partial charge in [-0.15, -0.1) is 0 Å². The van der Waals surface area contributed by atoms with Crippen LogP contribution in [0.15, 0.2) is 18.2 Å². The lowest BCUT2D eigenvalue weighted by Gasteiger charge is -2.36. The SMILES string of the molecule is NC1CC(CCO)CN(Cc2ccc3c(c2)CCCC3)C1. The van der Waals surface area contributed by atoms with Gasteiger partial charge in [-0.3, -0.25) is 4.90 Å². The first-order chi connectivity index (χ1) is 10.2. The summed E-state index contributed by atoms with van der Waals surface area (Å²) >= 11 is 0. The molecule has 3 N–H and O–H groups in total. The number of aliphatic hydroxyl groups is 1. The lowest BCUT2D eigenvalue weighted by molar-refractivity contribution is 0.128. The minimum Gasteiger partial charge on any atom is -0.396 e. The molecule has 2 aliphatic rings. The van der Waals surface area contributed by atoms with Crippen LogP contribution in [0.25, 0.3) is 0 Å². The zero-order chi connectivity index (χ0) is 14.7. The molecule has 0 saturated carbocycles. The third-order valence-electron chi connectivity index (χ3n) is 5.00. The zero-order valence-corrected chi connectivity index (χ0v) is 12.9. The highest BCUT2D eigenvalue weighted by Gasteiger charge is 2.24. The molecule has 0 amide bonds. The van der Waals surface area contributed by atoms with Crippen LogP contribution in [0.2, 0.25) is 0 Å². The second-order valence-corrected chi connectivity index (χ2v) is 6.88. The normalized spacial score (nSPS) is 26.6. The smallest absolute Gasteiger partial charge is 0.0434 e. The van der Waals surface area contributed by atoms with E-state index in [9.17, 15) is 0 Å². The summed E-state index contributed by atoms with van der Waals surface area (Å²) in [5.74, 6) is 0.552. The number of benzene rings is 1. The first kappa shape index (κ1) is 15.0. The van der Waals surface area contributed by atoms with E-state index in [-0.39, 0.29) is 12.6 Å². The molecule has 21 heavy (non-hydrogen) atoms. The summed E-state index contributed by atoms with van der Waals surface area (Å²) in [6.07, 6.45) is 7.12. The number of nitrogens with zero attached hydrogens (tertiary/aromatic N) is 1. The second kappa shape index (κ2) is 6.91. The average molecular weight is 288 g/mol. The van der Waals surface area contributed by atoms with Crippen LogP contribution in [0.4, 0.5) is 0 Å². The van der Waals surface area contributed by atoms with Crippen molar-refractivity contribution in [2.24, 2.45) is 11.7 Å². The zero-order valence-electron chi connectivity index (χ0n) is 12.9. The Bertz CT molecular complexity index is 474. The van der Waals surface area contributed by atoms with E-state index < -0.39 is 0 Å². The Morgan fingerprint density at radius 3 is 2.76 bits per heavy atom. The molecule has 1 aromatic rings. The lowest BCUT2D eigenvalue weighted by Crippen LogP contribution is -2.46. The molecule has 0 bridgehead atoms. The Kier molecular flexibility index (Phi) is 4.94. The van der Waals surface area contributed by atoms with Gasteiger partial charge in [-0.1, -0.05) is 18.2 Å². The fraction of sp³-hybridized carbons (Fsp3) is 0.667. The van der Waals surface area contributed by atoms with Crippen molar-refractivity contribution in [3.8, 4) is 0 Å². The lowest BCUT2D eigenvalue weighted by atomic mass is 9.89. The fourth-order valence-corrected chi connectivity index (χ4v) is 4.01. The van der Waals surface area contributed by atoms with Gasteiger partial charge in [0.25, 0.3) is 0 Å². The number of piperidine rings is 1. The van der Waals surface area contributed by atoms with Crippen LogP contribution < -0.4 is 5.73 Å². The summed E-state index contributed by atoms with van der Waals surface area (Å²) < 4.78 is 0. The van der Waals surface area contributed by atoms with Gasteiger partial charge < -0.3 is 10.8 Å². The van der Waals surface area contributed by atoms with Gasteiger partial charge in [0.1, 0.15) is 0 Å². The highest BCUT2D eigenvalue weighted by Crippen LogP contribution is 2.24. The van der Waals surface area contributed by atoms with Gasteiger partial charge in [-0.05, 0) is 61.1 Å². The van der Waals surface area contributed by atoms with Crippen molar-refractivity contribution in [2.45, 2.75) is 51.1 Å². The van der Waals surface area contributed by atoms with Gasteiger partial charge in [0.05, 0.1) is 0 Å². The van der Waals surface area contributed by atoms with E-state index in [0.717, 1.165) is 32.5 Å². The molecule has 0 aromatic heterocycles. The van der Waals surface area contributed by atoms with Gasteiger partial charge in [0.2, 0.25) is 0 Å². The predicted molar refractivity (Wildman–Crippen MR) is 86.1 cm³/mol. The maximum atomic E-state index is 9.15. The summed E-state index contributed by atoms with van der Waals surface area (Å²) in [7, 11) is 0. The van der Waals surface area contributed by atoms with Gasteiger partial charge >= 0.3 is 0 Å². The van der Waals surface area contributed by atoms with Crippen LogP contribution in [-0.4, -0.2) is 35.7 Å². The molecule has 0 spiro atoms. The molecule has 3 rings (SSSR count). The third kappa shape index (κ3) is 3.85. The van der Waals surface area contributed by atoms with Crippen LogP contribution in [0.1, 0.15) is 42.4 Å². The molecule has 2 atom stereocenters. The standard InChI is InChI=1S/C18H28N2O/c19-18-10-15(7-8-21)12-20(13-18)11-14-5-6-16-3-1-2-4-17(16)9-14/h5-6,9,15,18,21H,1-4,7-8,10-13,19H2. The van der Waals surface area contributed by atoms with Gasteiger partial charge in [-0.25, -0.2) is 0 Å². The van der Waals surface area contributed by atoms with Crippen molar-refractivity contribution in [1.29, 1.82) is 0 Å². The van der Waals surface area contributed by atoms with E-state index in [1.807, 2.05) is 0 Å². The molecule has 3 heteroatoms. The molecule has 1 aromatic carbocycles. The van der Waals surface area contributed by atoms with E-state index in [4.69, 9.17) is 10.8 Å². The van der Waals surface area contributed by atoms with Crippen molar-refractivity contribution in [2.75, 3.05) is 19.7 Å². The number of likely N-dealkylation sites (tertiary alicyclic amines) is 1. The Morgan fingerprint density at radius 1 is 1.14 bits per heavy atom. The largest absolute Gasteiger partial charge is 0.396 e. The van der Waals surface area contributed by atoms with Crippen molar-refractivity contribution < 1.29 is 5.11 Å². The summed E-state index contributed by atoms with van der Waals surface area (Å²) in [5.41, 5.74) is 10.7. The van der Waals surface area contributed by atoms with E-state index in [1.165, 1.54) is 31.2 Å².